The number of hydrogen-bond donors (Lipinski definition) is 1. The van der Waals surface area contributed by atoms with Crippen LogP contribution in [0.3, 0.4) is 0 Å². The zero-order valence-corrected chi connectivity index (χ0v) is 11.7. The average Bonchev–Trinajstić information content (AvgIpc) is 2.42. The Kier molecular flexibility index (Phi) is 4.74. The predicted octanol–water partition coefficient (Wildman–Crippen LogP) is 3.51. The van der Waals surface area contributed by atoms with E-state index in [1.54, 1.807) is 0 Å². The summed E-state index contributed by atoms with van der Waals surface area (Å²) < 4.78 is 5.85. The molecule has 1 heterocycles. The van der Waals surface area contributed by atoms with Crippen LogP contribution < -0.4 is 10.5 Å². The van der Waals surface area contributed by atoms with E-state index in [2.05, 4.69) is 24.9 Å². The van der Waals surface area contributed by atoms with Gasteiger partial charge >= 0.3 is 0 Å². The Morgan fingerprint density at radius 1 is 1.26 bits per heavy atom. The van der Waals surface area contributed by atoms with Crippen molar-refractivity contribution in [2.75, 3.05) is 6.61 Å². The highest BCUT2D eigenvalue weighted by molar-refractivity contribution is 5.87. The minimum atomic E-state index is 0.438. The van der Waals surface area contributed by atoms with Crippen LogP contribution in [0.4, 0.5) is 0 Å². The highest BCUT2D eigenvalue weighted by Gasteiger charge is 2.06. The van der Waals surface area contributed by atoms with E-state index in [0.29, 0.717) is 24.9 Å². The van der Waals surface area contributed by atoms with E-state index in [-0.39, 0.29) is 0 Å². The number of aromatic nitrogens is 1. The smallest absolute Gasteiger partial charge is 0.221 e. The van der Waals surface area contributed by atoms with Crippen LogP contribution in [-0.4, -0.2) is 11.6 Å². The lowest BCUT2D eigenvalue weighted by molar-refractivity contribution is 0.290. The molecule has 102 valence electrons. The summed E-state index contributed by atoms with van der Waals surface area (Å²) in [6.45, 7) is 5.60. The third-order valence-corrected chi connectivity index (χ3v) is 3.13. The van der Waals surface area contributed by atoms with E-state index in [0.717, 1.165) is 22.9 Å². The van der Waals surface area contributed by atoms with E-state index < -0.39 is 0 Å². The van der Waals surface area contributed by atoms with Crippen LogP contribution in [0.2, 0.25) is 0 Å². The molecule has 0 aliphatic rings. The number of nitrogens with zero attached hydrogens (tertiary/aromatic N) is 1. The summed E-state index contributed by atoms with van der Waals surface area (Å²) in [7, 11) is 0. The molecule has 1 aromatic heterocycles. The topological polar surface area (TPSA) is 48.1 Å². The van der Waals surface area contributed by atoms with Crippen molar-refractivity contribution in [3.05, 3.63) is 36.0 Å². The SMILES string of the molecule is CC(C)CCCOc1nc(CN)cc2ccccc12. The van der Waals surface area contributed by atoms with Crippen LogP contribution in [0.5, 0.6) is 5.88 Å². The third kappa shape index (κ3) is 3.67. The van der Waals surface area contributed by atoms with Gasteiger partial charge in [-0.3, -0.25) is 0 Å². The Bertz CT molecular complexity index is 537. The molecule has 0 saturated carbocycles. The highest BCUT2D eigenvalue weighted by atomic mass is 16.5. The molecule has 0 radical (unpaired) electrons. The number of hydrogen-bond acceptors (Lipinski definition) is 3. The molecule has 0 atom stereocenters. The number of benzene rings is 1. The predicted molar refractivity (Wildman–Crippen MR) is 79.2 cm³/mol. The molecule has 19 heavy (non-hydrogen) atoms. The van der Waals surface area contributed by atoms with Gasteiger partial charge in [0.15, 0.2) is 0 Å². The third-order valence-electron chi connectivity index (χ3n) is 3.13. The lowest BCUT2D eigenvalue weighted by atomic mass is 10.1. The van der Waals surface area contributed by atoms with Crippen molar-refractivity contribution in [1.82, 2.24) is 4.98 Å². The molecular formula is C16H22N2O. The molecule has 1 aromatic carbocycles. The van der Waals surface area contributed by atoms with Gasteiger partial charge in [-0.2, -0.15) is 0 Å². The van der Waals surface area contributed by atoms with Crippen molar-refractivity contribution in [1.29, 1.82) is 0 Å². The van der Waals surface area contributed by atoms with Crippen LogP contribution >= 0.6 is 0 Å². The average molecular weight is 258 g/mol. The summed E-state index contributed by atoms with van der Waals surface area (Å²) in [5.74, 6) is 1.42. The standard InChI is InChI=1S/C16H22N2O/c1-12(2)6-5-9-19-16-15-8-4-3-7-13(15)10-14(11-17)18-16/h3-4,7-8,10,12H,5-6,9,11,17H2,1-2H3. The van der Waals surface area contributed by atoms with Crippen molar-refractivity contribution < 1.29 is 4.74 Å². The van der Waals surface area contributed by atoms with Crippen molar-refractivity contribution >= 4 is 10.8 Å². The molecule has 0 bridgehead atoms. The molecule has 0 unspecified atom stereocenters. The van der Waals surface area contributed by atoms with E-state index >= 15 is 0 Å². The quantitative estimate of drug-likeness (QED) is 0.807. The molecule has 0 fully saturated rings. The second kappa shape index (κ2) is 6.53. The van der Waals surface area contributed by atoms with Gasteiger partial charge in [0.2, 0.25) is 5.88 Å². The van der Waals surface area contributed by atoms with Crippen LogP contribution in [0.25, 0.3) is 10.8 Å². The molecule has 0 amide bonds. The fourth-order valence-corrected chi connectivity index (χ4v) is 2.10. The Morgan fingerprint density at radius 2 is 2.05 bits per heavy atom. The van der Waals surface area contributed by atoms with Gasteiger partial charge in [-0.1, -0.05) is 32.0 Å². The minimum absolute atomic E-state index is 0.438. The fraction of sp³-hybridized carbons (Fsp3) is 0.438. The first kappa shape index (κ1) is 13.8. The van der Waals surface area contributed by atoms with Crippen LogP contribution in [0, 0.1) is 5.92 Å². The van der Waals surface area contributed by atoms with Crippen molar-refractivity contribution in [3.63, 3.8) is 0 Å². The first-order valence-corrected chi connectivity index (χ1v) is 6.92. The number of nitrogens with two attached hydrogens (primary N) is 1. The first-order chi connectivity index (χ1) is 9.20. The summed E-state index contributed by atoms with van der Waals surface area (Å²) in [5, 5.41) is 2.20. The van der Waals surface area contributed by atoms with Gasteiger partial charge in [0.1, 0.15) is 0 Å². The first-order valence-electron chi connectivity index (χ1n) is 6.92. The Hall–Kier alpha value is -1.61. The van der Waals surface area contributed by atoms with Crippen molar-refractivity contribution in [2.45, 2.75) is 33.2 Å². The van der Waals surface area contributed by atoms with Crippen molar-refractivity contribution in [3.8, 4) is 5.88 Å². The van der Waals surface area contributed by atoms with Gasteiger partial charge in [0.05, 0.1) is 12.3 Å². The maximum atomic E-state index is 5.85. The normalized spacial score (nSPS) is 11.2. The van der Waals surface area contributed by atoms with Crippen LogP contribution in [-0.2, 0) is 6.54 Å². The summed E-state index contributed by atoms with van der Waals surface area (Å²) in [4.78, 5) is 4.49. The molecule has 0 aliphatic carbocycles. The summed E-state index contributed by atoms with van der Waals surface area (Å²) in [5.41, 5.74) is 6.56. The summed E-state index contributed by atoms with van der Waals surface area (Å²) in [6, 6.07) is 10.2. The molecular weight excluding hydrogens is 236 g/mol. The van der Waals surface area contributed by atoms with Gasteiger partial charge in [-0.05, 0) is 36.3 Å². The largest absolute Gasteiger partial charge is 0.477 e. The molecule has 2 aromatic rings. The summed E-state index contributed by atoms with van der Waals surface area (Å²) in [6.07, 6.45) is 2.23. The van der Waals surface area contributed by atoms with E-state index in [1.807, 2.05) is 24.3 Å². The van der Waals surface area contributed by atoms with E-state index in [1.165, 1.54) is 6.42 Å². The fourth-order valence-electron chi connectivity index (χ4n) is 2.10. The number of rotatable bonds is 6. The second-order valence-corrected chi connectivity index (χ2v) is 5.23. The van der Waals surface area contributed by atoms with Crippen LogP contribution in [0.15, 0.2) is 30.3 Å². The van der Waals surface area contributed by atoms with Gasteiger partial charge in [0.25, 0.3) is 0 Å². The van der Waals surface area contributed by atoms with Gasteiger partial charge in [-0.25, -0.2) is 4.98 Å². The lowest BCUT2D eigenvalue weighted by Gasteiger charge is -2.11. The lowest BCUT2D eigenvalue weighted by Crippen LogP contribution is -2.05. The molecule has 0 saturated heterocycles. The van der Waals surface area contributed by atoms with Crippen LogP contribution in [0.1, 0.15) is 32.4 Å². The Morgan fingerprint density at radius 3 is 2.79 bits per heavy atom. The molecule has 0 aliphatic heterocycles. The van der Waals surface area contributed by atoms with E-state index in [4.69, 9.17) is 10.5 Å². The van der Waals surface area contributed by atoms with Crippen molar-refractivity contribution in [2.24, 2.45) is 11.7 Å². The molecule has 2 rings (SSSR count). The number of fused-ring (bicyclic) bond motifs is 1. The zero-order valence-electron chi connectivity index (χ0n) is 11.7. The van der Waals surface area contributed by atoms with E-state index in [9.17, 15) is 0 Å². The molecule has 2 N–H and O–H groups in total. The summed E-state index contributed by atoms with van der Waals surface area (Å²) >= 11 is 0. The maximum Gasteiger partial charge on any atom is 0.221 e. The monoisotopic (exact) mass is 258 g/mol. The maximum absolute atomic E-state index is 5.85. The highest BCUT2D eigenvalue weighted by Crippen LogP contribution is 2.24. The number of pyridine rings is 1. The second-order valence-electron chi connectivity index (χ2n) is 5.23. The molecule has 3 nitrogen and oxygen atoms in total. The van der Waals surface area contributed by atoms with Gasteiger partial charge < -0.3 is 10.5 Å². The Labute approximate surface area is 114 Å². The number of ether oxygens (including phenoxy) is 1. The van der Waals surface area contributed by atoms with Gasteiger partial charge in [0, 0.05) is 11.9 Å². The zero-order chi connectivity index (χ0) is 13.7. The Balaban J connectivity index is 2.16. The molecule has 3 heteroatoms. The molecule has 0 spiro atoms. The van der Waals surface area contributed by atoms with Gasteiger partial charge in [-0.15, -0.1) is 0 Å². The minimum Gasteiger partial charge on any atom is -0.477 e.